The second kappa shape index (κ2) is 66.9. The van der Waals surface area contributed by atoms with E-state index in [9.17, 15) is 43.2 Å². The van der Waals surface area contributed by atoms with Crippen LogP contribution >= 0.6 is 15.6 Å². The van der Waals surface area contributed by atoms with E-state index in [1.165, 1.54) is 193 Å². The zero-order valence-electron chi connectivity index (χ0n) is 61.3. The van der Waals surface area contributed by atoms with E-state index in [0.29, 0.717) is 25.7 Å². The van der Waals surface area contributed by atoms with Crippen LogP contribution < -0.4 is 0 Å². The van der Waals surface area contributed by atoms with Crippen LogP contribution in [0.15, 0.2) is 0 Å². The van der Waals surface area contributed by atoms with Crippen molar-refractivity contribution in [3.8, 4) is 0 Å². The molecule has 0 heterocycles. The third-order valence-electron chi connectivity index (χ3n) is 17.5. The highest BCUT2D eigenvalue weighted by Crippen LogP contribution is 2.45. The molecule has 0 aliphatic rings. The van der Waals surface area contributed by atoms with E-state index >= 15 is 0 Å². The number of carbonyl (C=O) groups is 4. The number of phosphoric ester groups is 2. The third kappa shape index (κ3) is 68.6. The summed E-state index contributed by atoms with van der Waals surface area (Å²) < 4.78 is 68.4. The van der Waals surface area contributed by atoms with Gasteiger partial charge in [-0.3, -0.25) is 37.3 Å². The molecule has 0 aliphatic carbocycles. The van der Waals surface area contributed by atoms with Crippen molar-refractivity contribution < 1.29 is 80.2 Å². The molecular weight excluding hydrogens is 1230 g/mol. The fourth-order valence-electron chi connectivity index (χ4n) is 11.5. The molecule has 2 unspecified atom stereocenters. The first-order chi connectivity index (χ1) is 45.4. The van der Waals surface area contributed by atoms with Crippen LogP contribution in [0.25, 0.3) is 0 Å². The van der Waals surface area contributed by atoms with Gasteiger partial charge in [0, 0.05) is 25.7 Å². The lowest BCUT2D eigenvalue weighted by atomic mass is 10.0. The van der Waals surface area contributed by atoms with Gasteiger partial charge in [0.2, 0.25) is 0 Å². The van der Waals surface area contributed by atoms with Crippen LogP contribution in [-0.4, -0.2) is 96.7 Å². The van der Waals surface area contributed by atoms with Gasteiger partial charge in [0.25, 0.3) is 0 Å². The quantitative estimate of drug-likeness (QED) is 0.0222. The van der Waals surface area contributed by atoms with Crippen LogP contribution in [0.3, 0.4) is 0 Å². The van der Waals surface area contributed by atoms with Crippen LogP contribution in [-0.2, 0) is 65.4 Å². The first kappa shape index (κ1) is 92.1. The molecule has 94 heavy (non-hydrogen) atoms. The van der Waals surface area contributed by atoms with Crippen molar-refractivity contribution in [3.05, 3.63) is 0 Å². The second-order valence-electron chi connectivity index (χ2n) is 28.0. The lowest BCUT2D eigenvalue weighted by Gasteiger charge is -2.21. The van der Waals surface area contributed by atoms with Crippen molar-refractivity contribution in [1.29, 1.82) is 0 Å². The monoisotopic (exact) mass is 1380 g/mol. The minimum atomic E-state index is -4.96. The summed E-state index contributed by atoms with van der Waals surface area (Å²) in [4.78, 5) is 72.6. The molecule has 0 fully saturated rings. The van der Waals surface area contributed by atoms with E-state index in [-0.39, 0.29) is 25.7 Å². The minimum absolute atomic E-state index is 0.106. The largest absolute Gasteiger partial charge is 0.472 e. The van der Waals surface area contributed by atoms with Gasteiger partial charge in [0.05, 0.1) is 26.4 Å². The number of rotatable bonds is 74. The van der Waals surface area contributed by atoms with Gasteiger partial charge >= 0.3 is 39.5 Å². The van der Waals surface area contributed by atoms with Crippen molar-refractivity contribution in [2.75, 3.05) is 39.6 Å². The van der Waals surface area contributed by atoms with Gasteiger partial charge in [-0.2, -0.15) is 0 Å². The first-order valence-corrected chi connectivity index (χ1v) is 42.0. The van der Waals surface area contributed by atoms with Gasteiger partial charge < -0.3 is 33.8 Å². The third-order valence-corrected chi connectivity index (χ3v) is 19.4. The van der Waals surface area contributed by atoms with Gasteiger partial charge in [-0.25, -0.2) is 9.13 Å². The Morgan fingerprint density at radius 1 is 0.287 bits per heavy atom. The number of aliphatic hydroxyl groups excluding tert-OH is 1. The number of esters is 4. The maximum absolute atomic E-state index is 13.1. The highest BCUT2D eigenvalue weighted by molar-refractivity contribution is 7.47. The van der Waals surface area contributed by atoms with Crippen molar-refractivity contribution >= 4 is 39.5 Å². The SMILES string of the molecule is CCCCCCCCCCCCCCCCCC(=O)OC[C@H](COP(=O)(O)OC[C@@H](O)COP(=O)(O)OC[C@@H](COC(=O)CCCCCCCCC)OC(=O)CCCCCCCCCCCCCC(C)C)OC(=O)CCCCCCCCCCCCCCCCCC(C)C. The van der Waals surface area contributed by atoms with Gasteiger partial charge in [-0.1, -0.05) is 337 Å². The Morgan fingerprint density at radius 3 is 0.723 bits per heavy atom. The van der Waals surface area contributed by atoms with E-state index in [1.54, 1.807) is 0 Å². The highest BCUT2D eigenvalue weighted by atomic mass is 31.2. The smallest absolute Gasteiger partial charge is 0.462 e. The Hall–Kier alpha value is -1.94. The lowest BCUT2D eigenvalue weighted by Crippen LogP contribution is -2.30. The molecule has 0 saturated heterocycles. The van der Waals surface area contributed by atoms with E-state index in [1.807, 2.05) is 0 Å². The molecule has 0 aromatic heterocycles. The zero-order chi connectivity index (χ0) is 69.3. The average Bonchev–Trinajstić information content (AvgIpc) is 1.94. The molecule has 0 spiro atoms. The maximum atomic E-state index is 13.1. The molecule has 0 bridgehead atoms. The predicted molar refractivity (Wildman–Crippen MR) is 381 cm³/mol. The number of aliphatic hydroxyl groups is 1. The molecule has 0 aliphatic heterocycles. The molecule has 0 rings (SSSR count). The van der Waals surface area contributed by atoms with E-state index < -0.39 is 97.5 Å². The molecule has 0 radical (unpaired) electrons. The molecule has 5 atom stereocenters. The van der Waals surface area contributed by atoms with Gasteiger partial charge in [-0.05, 0) is 37.5 Å². The van der Waals surface area contributed by atoms with Crippen molar-refractivity contribution in [3.63, 3.8) is 0 Å². The van der Waals surface area contributed by atoms with Crippen molar-refractivity contribution in [1.82, 2.24) is 0 Å². The summed E-state index contributed by atoms with van der Waals surface area (Å²) in [7, 11) is -9.90. The van der Waals surface area contributed by atoms with Crippen LogP contribution in [0.1, 0.15) is 388 Å². The summed E-state index contributed by atoms with van der Waals surface area (Å²) in [5, 5.41) is 10.6. The first-order valence-electron chi connectivity index (χ1n) is 39.0. The number of unbranched alkanes of at least 4 members (excludes halogenated alkanes) is 44. The van der Waals surface area contributed by atoms with E-state index in [0.717, 1.165) is 115 Å². The standard InChI is InChI=1S/C75H146O17P2/c1-7-9-11-13-15-16-17-18-20-24-29-34-40-46-52-58-73(78)86-64-71(92-74(79)59-53-47-41-35-30-25-22-19-21-23-27-32-38-43-49-55-67(3)4)66-90-94(83,84)88-62-69(76)61-87-93(81,82)89-65-70(63-85-72(77)57-51-45-37-14-12-10-8-2)91-75(80)60-54-48-42-36-31-26-28-33-39-44-50-56-68(5)6/h67-71,76H,7-66H2,1-6H3,(H,81,82)(H,83,84)/t69-,70+,71+/m0/s1. The van der Waals surface area contributed by atoms with E-state index in [4.69, 9.17) is 37.0 Å². The highest BCUT2D eigenvalue weighted by Gasteiger charge is 2.30. The van der Waals surface area contributed by atoms with Crippen LogP contribution in [0, 0.1) is 11.8 Å². The lowest BCUT2D eigenvalue weighted by molar-refractivity contribution is -0.161. The summed E-state index contributed by atoms with van der Waals surface area (Å²) in [5.74, 6) is -0.552. The normalized spacial score (nSPS) is 14.0. The fraction of sp³-hybridized carbons (Fsp3) is 0.947. The van der Waals surface area contributed by atoms with Crippen LogP contribution in [0.4, 0.5) is 0 Å². The Balaban J connectivity index is 5.20. The molecule has 17 nitrogen and oxygen atoms in total. The topological polar surface area (TPSA) is 237 Å². The number of phosphoric acid groups is 2. The Labute approximate surface area is 575 Å². The molecule has 0 amide bonds. The van der Waals surface area contributed by atoms with Gasteiger partial charge in [-0.15, -0.1) is 0 Å². The number of hydrogen-bond acceptors (Lipinski definition) is 15. The van der Waals surface area contributed by atoms with Gasteiger partial charge in [0.1, 0.15) is 19.3 Å². The van der Waals surface area contributed by atoms with Crippen molar-refractivity contribution in [2.45, 2.75) is 407 Å². The molecule has 0 saturated carbocycles. The molecule has 0 aromatic rings. The van der Waals surface area contributed by atoms with Crippen LogP contribution in [0.2, 0.25) is 0 Å². The summed E-state index contributed by atoms with van der Waals surface area (Å²) >= 11 is 0. The molecule has 3 N–H and O–H groups in total. The number of hydrogen-bond donors (Lipinski definition) is 3. The Kier molecular flexibility index (Phi) is 65.5. The average molecular weight is 1380 g/mol. The van der Waals surface area contributed by atoms with E-state index in [2.05, 4.69) is 41.5 Å². The Bertz CT molecular complexity index is 1820. The maximum Gasteiger partial charge on any atom is 0.472 e. The zero-order valence-corrected chi connectivity index (χ0v) is 63.1. The summed E-state index contributed by atoms with van der Waals surface area (Å²) in [6.45, 7) is 9.58. The molecule has 558 valence electrons. The van der Waals surface area contributed by atoms with Crippen LogP contribution in [0.5, 0.6) is 0 Å². The molecule has 19 heteroatoms. The summed E-state index contributed by atoms with van der Waals surface area (Å²) in [6.07, 6.45) is 54.2. The fourth-order valence-corrected chi connectivity index (χ4v) is 13.1. The Morgan fingerprint density at radius 2 is 0.489 bits per heavy atom. The minimum Gasteiger partial charge on any atom is -0.462 e. The number of ether oxygens (including phenoxy) is 4. The molecule has 0 aromatic carbocycles. The van der Waals surface area contributed by atoms with Crippen molar-refractivity contribution in [2.24, 2.45) is 11.8 Å². The second-order valence-corrected chi connectivity index (χ2v) is 30.9. The summed E-state index contributed by atoms with van der Waals surface area (Å²) in [6, 6.07) is 0. The summed E-state index contributed by atoms with van der Waals surface area (Å²) in [5.41, 5.74) is 0. The van der Waals surface area contributed by atoms with Gasteiger partial charge in [0.15, 0.2) is 12.2 Å². The predicted octanol–water partition coefficient (Wildman–Crippen LogP) is 21.9. The molecular formula is C75H146O17P2. The number of carbonyl (C=O) groups excluding carboxylic acids is 4.